The highest BCUT2D eigenvalue weighted by atomic mass is 16.6. The van der Waals surface area contributed by atoms with Crippen LogP contribution in [-0.4, -0.2) is 38.6 Å². The predicted molar refractivity (Wildman–Crippen MR) is 66.7 cm³/mol. The fourth-order valence-electron chi connectivity index (χ4n) is 2.30. The van der Waals surface area contributed by atoms with E-state index >= 15 is 0 Å². The van der Waals surface area contributed by atoms with Crippen LogP contribution in [0.5, 0.6) is 0 Å². The van der Waals surface area contributed by atoms with Crippen molar-refractivity contribution in [1.82, 2.24) is 9.78 Å². The Bertz CT molecular complexity index is 552. The molecule has 10 nitrogen and oxygen atoms in total. The average molecular weight is 282 g/mol. The lowest BCUT2D eigenvalue weighted by molar-refractivity contribution is -0.386. The Kier molecular flexibility index (Phi) is 4.18. The number of hydrogen-bond donors (Lipinski definition) is 1. The second kappa shape index (κ2) is 5.87. The summed E-state index contributed by atoms with van der Waals surface area (Å²) in [4.78, 5) is 13.2. The van der Waals surface area contributed by atoms with Gasteiger partial charge in [-0.25, -0.2) is 0 Å². The lowest BCUT2D eigenvalue weighted by Gasteiger charge is -2.18. The third-order valence-corrected chi connectivity index (χ3v) is 3.30. The van der Waals surface area contributed by atoms with Crippen LogP contribution >= 0.6 is 0 Å². The summed E-state index contributed by atoms with van der Waals surface area (Å²) in [6.45, 7) is 0.228. The van der Waals surface area contributed by atoms with Crippen LogP contribution < -0.4 is 0 Å². The SMILES string of the molecule is Cn1ncc([N+](=O)[O-])c1C1CC(N=[N+]=[N-])C(O)CCO1. The molecule has 1 aromatic rings. The molecular formula is C10H14N6O4. The zero-order valence-corrected chi connectivity index (χ0v) is 10.8. The Hall–Kier alpha value is -2.16. The molecule has 1 aliphatic rings. The van der Waals surface area contributed by atoms with Crippen LogP contribution in [0.4, 0.5) is 5.69 Å². The molecule has 1 N–H and O–H groups in total. The van der Waals surface area contributed by atoms with Crippen LogP contribution in [0.25, 0.3) is 10.4 Å². The highest BCUT2D eigenvalue weighted by Gasteiger charge is 2.34. The van der Waals surface area contributed by atoms with E-state index in [-0.39, 0.29) is 18.7 Å². The minimum Gasteiger partial charge on any atom is -0.393 e. The molecule has 0 spiro atoms. The molecular weight excluding hydrogens is 268 g/mol. The topological polar surface area (TPSA) is 139 Å². The van der Waals surface area contributed by atoms with E-state index in [1.165, 1.54) is 4.68 Å². The summed E-state index contributed by atoms with van der Waals surface area (Å²) >= 11 is 0. The summed E-state index contributed by atoms with van der Waals surface area (Å²) in [5, 5.41) is 28.2. The van der Waals surface area contributed by atoms with E-state index in [9.17, 15) is 15.2 Å². The van der Waals surface area contributed by atoms with Gasteiger partial charge in [0.2, 0.25) is 0 Å². The number of nitro groups is 1. The number of hydrogen-bond acceptors (Lipinski definition) is 6. The van der Waals surface area contributed by atoms with Crippen LogP contribution in [0.3, 0.4) is 0 Å². The first-order valence-electron chi connectivity index (χ1n) is 6.04. The van der Waals surface area contributed by atoms with Gasteiger partial charge in [-0.2, -0.15) is 5.10 Å². The van der Waals surface area contributed by atoms with Gasteiger partial charge in [0.05, 0.1) is 17.1 Å². The van der Waals surface area contributed by atoms with Gasteiger partial charge in [-0.05, 0) is 18.4 Å². The Morgan fingerprint density at radius 2 is 2.50 bits per heavy atom. The second-order valence-corrected chi connectivity index (χ2v) is 4.52. The molecule has 10 heteroatoms. The van der Waals surface area contributed by atoms with E-state index in [1.54, 1.807) is 7.05 Å². The highest BCUT2D eigenvalue weighted by molar-refractivity contribution is 5.35. The normalized spacial score (nSPS) is 26.6. The maximum atomic E-state index is 11.0. The quantitative estimate of drug-likeness (QED) is 0.292. The molecule has 3 atom stereocenters. The van der Waals surface area contributed by atoms with Gasteiger partial charge in [-0.15, -0.1) is 0 Å². The molecule has 0 radical (unpaired) electrons. The van der Waals surface area contributed by atoms with Crippen LogP contribution in [-0.2, 0) is 11.8 Å². The molecule has 2 heterocycles. The van der Waals surface area contributed by atoms with Crippen molar-refractivity contribution in [3.63, 3.8) is 0 Å². The lowest BCUT2D eigenvalue weighted by Crippen LogP contribution is -2.24. The first kappa shape index (κ1) is 14.3. The van der Waals surface area contributed by atoms with Crippen LogP contribution in [0, 0.1) is 10.1 Å². The van der Waals surface area contributed by atoms with Gasteiger partial charge >= 0.3 is 5.69 Å². The first-order chi connectivity index (χ1) is 9.54. The van der Waals surface area contributed by atoms with Gasteiger partial charge in [0.25, 0.3) is 0 Å². The minimum atomic E-state index is -0.816. The molecule has 20 heavy (non-hydrogen) atoms. The van der Waals surface area contributed by atoms with E-state index in [4.69, 9.17) is 10.3 Å². The number of nitrogens with zero attached hydrogens (tertiary/aromatic N) is 6. The summed E-state index contributed by atoms with van der Waals surface area (Å²) in [6.07, 6.45) is 0.179. The van der Waals surface area contributed by atoms with Gasteiger partial charge < -0.3 is 9.84 Å². The number of rotatable bonds is 3. The van der Waals surface area contributed by atoms with Gasteiger partial charge in [0, 0.05) is 18.6 Å². The van der Waals surface area contributed by atoms with Crippen molar-refractivity contribution in [1.29, 1.82) is 0 Å². The number of aromatic nitrogens is 2. The minimum absolute atomic E-state index is 0.145. The van der Waals surface area contributed by atoms with Gasteiger partial charge in [-0.1, -0.05) is 5.11 Å². The van der Waals surface area contributed by atoms with Gasteiger partial charge in [-0.3, -0.25) is 14.8 Å². The number of azide groups is 1. The molecule has 1 fully saturated rings. The largest absolute Gasteiger partial charge is 0.393 e. The first-order valence-corrected chi connectivity index (χ1v) is 6.04. The molecule has 1 aromatic heterocycles. The zero-order valence-electron chi connectivity index (χ0n) is 10.8. The van der Waals surface area contributed by atoms with Gasteiger partial charge in [0.15, 0.2) is 0 Å². The summed E-state index contributed by atoms with van der Waals surface area (Å²) in [5.74, 6) is 0. The van der Waals surface area contributed by atoms with E-state index in [1.807, 2.05) is 0 Å². The average Bonchev–Trinajstić information content (AvgIpc) is 2.69. The van der Waals surface area contributed by atoms with Gasteiger partial charge in [0.1, 0.15) is 18.0 Å². The standard InChI is InChI=1S/C10H14N6O4/c1-15-10(7(5-12-15)16(18)19)9-4-6(13-14-11)8(17)2-3-20-9/h5-6,8-9,17H,2-4H2,1H3. The van der Waals surface area contributed by atoms with Crippen LogP contribution in [0.1, 0.15) is 24.6 Å². The molecule has 0 amide bonds. The third kappa shape index (κ3) is 2.72. The van der Waals surface area contributed by atoms with Crippen molar-refractivity contribution < 1.29 is 14.8 Å². The number of aliphatic hydroxyl groups excluding tert-OH is 1. The predicted octanol–water partition coefficient (Wildman–Crippen LogP) is 1.22. The van der Waals surface area contributed by atoms with E-state index < -0.39 is 23.2 Å². The Morgan fingerprint density at radius 1 is 1.75 bits per heavy atom. The van der Waals surface area contributed by atoms with Crippen molar-refractivity contribution in [2.75, 3.05) is 6.61 Å². The van der Waals surface area contributed by atoms with Crippen molar-refractivity contribution >= 4 is 5.69 Å². The molecule has 2 rings (SSSR count). The summed E-state index contributed by atoms with van der Waals surface area (Å²) < 4.78 is 6.93. The molecule has 0 aromatic carbocycles. The van der Waals surface area contributed by atoms with Crippen LogP contribution in [0.2, 0.25) is 0 Å². The highest BCUT2D eigenvalue weighted by Crippen LogP contribution is 2.34. The maximum absolute atomic E-state index is 11.0. The molecule has 3 unspecified atom stereocenters. The number of aryl methyl sites for hydroxylation is 1. The van der Waals surface area contributed by atoms with Crippen LogP contribution in [0.15, 0.2) is 11.3 Å². The molecule has 0 aliphatic carbocycles. The number of aliphatic hydroxyl groups is 1. The lowest BCUT2D eigenvalue weighted by atomic mass is 10.0. The summed E-state index contributed by atoms with van der Waals surface area (Å²) in [7, 11) is 1.58. The number of ether oxygens (including phenoxy) is 1. The fourth-order valence-corrected chi connectivity index (χ4v) is 2.30. The molecule has 0 saturated carbocycles. The van der Waals surface area contributed by atoms with Crippen molar-refractivity contribution in [2.45, 2.75) is 31.1 Å². The molecule has 1 saturated heterocycles. The Balaban J connectivity index is 2.34. The molecule has 108 valence electrons. The Labute approximate surface area is 113 Å². The summed E-state index contributed by atoms with van der Waals surface area (Å²) in [5.41, 5.74) is 8.69. The van der Waals surface area contributed by atoms with Crippen molar-refractivity contribution in [3.05, 3.63) is 32.4 Å². The second-order valence-electron chi connectivity index (χ2n) is 4.52. The Morgan fingerprint density at radius 3 is 3.15 bits per heavy atom. The van der Waals surface area contributed by atoms with E-state index in [2.05, 4.69) is 15.1 Å². The fraction of sp³-hybridized carbons (Fsp3) is 0.700. The van der Waals surface area contributed by atoms with E-state index in [0.717, 1.165) is 6.20 Å². The zero-order chi connectivity index (χ0) is 14.7. The third-order valence-electron chi connectivity index (χ3n) is 3.30. The van der Waals surface area contributed by atoms with Crippen molar-refractivity contribution in [2.24, 2.45) is 12.2 Å². The summed E-state index contributed by atoms with van der Waals surface area (Å²) in [6, 6.07) is -0.679. The maximum Gasteiger partial charge on any atom is 0.312 e. The molecule has 1 aliphatic heterocycles. The molecule has 0 bridgehead atoms. The van der Waals surface area contributed by atoms with E-state index in [0.29, 0.717) is 12.1 Å². The monoisotopic (exact) mass is 282 g/mol. The van der Waals surface area contributed by atoms with Crippen molar-refractivity contribution in [3.8, 4) is 0 Å². The smallest absolute Gasteiger partial charge is 0.312 e.